The molecule has 0 unspecified atom stereocenters. The molecule has 3 nitrogen and oxygen atoms in total. The van der Waals surface area contributed by atoms with Gasteiger partial charge < -0.3 is 14.8 Å². The highest BCUT2D eigenvalue weighted by Crippen LogP contribution is 2.14. The zero-order valence-corrected chi connectivity index (χ0v) is 16.2. The SMILES string of the molecule is C=CCCCOc1ccc(CNCc2ccc(OCCCC=C)cc2)cc1. The van der Waals surface area contributed by atoms with Crippen molar-refractivity contribution >= 4 is 0 Å². The molecule has 0 aliphatic heterocycles. The van der Waals surface area contributed by atoms with E-state index in [2.05, 4.69) is 42.7 Å². The van der Waals surface area contributed by atoms with E-state index in [9.17, 15) is 0 Å². The van der Waals surface area contributed by atoms with Gasteiger partial charge in [-0.3, -0.25) is 0 Å². The maximum Gasteiger partial charge on any atom is 0.119 e. The topological polar surface area (TPSA) is 30.5 Å². The Morgan fingerprint density at radius 2 is 1.07 bits per heavy atom. The second-order valence-electron chi connectivity index (χ2n) is 6.45. The lowest BCUT2D eigenvalue weighted by molar-refractivity contribution is 0.312. The molecule has 0 bridgehead atoms. The van der Waals surface area contributed by atoms with Gasteiger partial charge in [0.1, 0.15) is 11.5 Å². The summed E-state index contributed by atoms with van der Waals surface area (Å²) in [4.78, 5) is 0. The molecule has 144 valence electrons. The lowest BCUT2D eigenvalue weighted by Gasteiger charge is -2.09. The van der Waals surface area contributed by atoms with Crippen LogP contribution in [0.25, 0.3) is 0 Å². The molecular formula is C24H31NO2. The van der Waals surface area contributed by atoms with Crippen LogP contribution < -0.4 is 14.8 Å². The van der Waals surface area contributed by atoms with Crippen molar-refractivity contribution in [1.82, 2.24) is 5.32 Å². The van der Waals surface area contributed by atoms with E-state index in [0.717, 1.165) is 63.5 Å². The van der Waals surface area contributed by atoms with Crippen LogP contribution in [0.15, 0.2) is 73.8 Å². The highest BCUT2D eigenvalue weighted by Gasteiger charge is 1.98. The van der Waals surface area contributed by atoms with E-state index in [1.165, 1.54) is 11.1 Å². The van der Waals surface area contributed by atoms with Crippen LogP contribution in [0.3, 0.4) is 0 Å². The first-order valence-corrected chi connectivity index (χ1v) is 9.68. The molecule has 0 saturated heterocycles. The number of benzene rings is 2. The van der Waals surface area contributed by atoms with E-state index in [1.54, 1.807) is 0 Å². The van der Waals surface area contributed by atoms with E-state index in [4.69, 9.17) is 9.47 Å². The fourth-order valence-electron chi connectivity index (χ4n) is 2.59. The minimum atomic E-state index is 0.734. The van der Waals surface area contributed by atoms with Crippen LogP contribution in [0.5, 0.6) is 11.5 Å². The standard InChI is InChI=1S/C24H31NO2/c1-3-5-7-17-26-23-13-9-21(10-14-23)19-25-20-22-11-15-24(16-12-22)27-18-8-6-4-2/h3-4,9-16,25H,1-2,5-8,17-20H2. The van der Waals surface area contributed by atoms with E-state index in [-0.39, 0.29) is 0 Å². The van der Waals surface area contributed by atoms with E-state index >= 15 is 0 Å². The smallest absolute Gasteiger partial charge is 0.119 e. The van der Waals surface area contributed by atoms with E-state index < -0.39 is 0 Å². The monoisotopic (exact) mass is 365 g/mol. The summed E-state index contributed by atoms with van der Waals surface area (Å²) in [5.74, 6) is 1.85. The van der Waals surface area contributed by atoms with Gasteiger partial charge in [0.05, 0.1) is 13.2 Å². The Morgan fingerprint density at radius 1 is 0.667 bits per heavy atom. The van der Waals surface area contributed by atoms with Crippen molar-refractivity contribution < 1.29 is 9.47 Å². The number of nitrogens with one attached hydrogen (secondary N) is 1. The molecule has 0 aliphatic carbocycles. The molecule has 0 radical (unpaired) electrons. The first-order valence-electron chi connectivity index (χ1n) is 9.68. The lowest BCUT2D eigenvalue weighted by Crippen LogP contribution is -2.12. The molecule has 0 atom stereocenters. The molecular weight excluding hydrogens is 334 g/mol. The Kier molecular flexibility index (Phi) is 9.83. The molecule has 2 aromatic rings. The lowest BCUT2D eigenvalue weighted by atomic mass is 10.2. The third-order valence-electron chi connectivity index (χ3n) is 4.15. The van der Waals surface area contributed by atoms with Crippen LogP contribution in [0.1, 0.15) is 36.8 Å². The van der Waals surface area contributed by atoms with Crippen molar-refractivity contribution in [2.24, 2.45) is 0 Å². The highest BCUT2D eigenvalue weighted by molar-refractivity contribution is 5.28. The van der Waals surface area contributed by atoms with Crippen LogP contribution in [0.4, 0.5) is 0 Å². The maximum atomic E-state index is 5.70. The summed E-state index contributed by atoms with van der Waals surface area (Å²) < 4.78 is 11.4. The third-order valence-corrected chi connectivity index (χ3v) is 4.15. The van der Waals surface area contributed by atoms with Crippen LogP contribution in [0.2, 0.25) is 0 Å². The van der Waals surface area contributed by atoms with Crippen molar-refractivity contribution in [2.75, 3.05) is 13.2 Å². The molecule has 0 saturated carbocycles. The maximum absolute atomic E-state index is 5.70. The van der Waals surface area contributed by atoms with Gasteiger partial charge in [0, 0.05) is 13.1 Å². The predicted molar refractivity (Wildman–Crippen MR) is 113 cm³/mol. The molecule has 0 aromatic heterocycles. The zero-order valence-electron chi connectivity index (χ0n) is 16.2. The Balaban J connectivity index is 1.66. The molecule has 0 heterocycles. The number of hydrogen-bond donors (Lipinski definition) is 1. The molecule has 3 heteroatoms. The highest BCUT2D eigenvalue weighted by atomic mass is 16.5. The number of ether oxygens (including phenoxy) is 2. The van der Waals surface area contributed by atoms with Crippen molar-refractivity contribution in [3.8, 4) is 11.5 Å². The molecule has 2 rings (SSSR count). The summed E-state index contributed by atoms with van der Waals surface area (Å²) in [5, 5.41) is 3.47. The molecule has 0 spiro atoms. The molecule has 0 amide bonds. The van der Waals surface area contributed by atoms with Crippen LogP contribution >= 0.6 is 0 Å². The van der Waals surface area contributed by atoms with Gasteiger partial charge >= 0.3 is 0 Å². The van der Waals surface area contributed by atoms with Crippen molar-refractivity contribution in [3.63, 3.8) is 0 Å². The van der Waals surface area contributed by atoms with Crippen LogP contribution in [-0.4, -0.2) is 13.2 Å². The summed E-state index contributed by atoms with van der Waals surface area (Å²) in [6.45, 7) is 10.6. The zero-order chi connectivity index (χ0) is 19.2. The third kappa shape index (κ3) is 8.61. The molecule has 2 aromatic carbocycles. The quantitative estimate of drug-likeness (QED) is 0.346. The molecule has 27 heavy (non-hydrogen) atoms. The van der Waals surface area contributed by atoms with Gasteiger partial charge in [-0.15, -0.1) is 13.2 Å². The van der Waals surface area contributed by atoms with Gasteiger partial charge in [-0.1, -0.05) is 36.4 Å². The number of hydrogen-bond acceptors (Lipinski definition) is 3. The fourth-order valence-corrected chi connectivity index (χ4v) is 2.59. The summed E-state index contributed by atoms with van der Waals surface area (Å²) in [6, 6.07) is 16.6. The first kappa shape index (κ1) is 20.8. The number of rotatable bonds is 14. The largest absolute Gasteiger partial charge is 0.494 e. The minimum absolute atomic E-state index is 0.734. The summed E-state index contributed by atoms with van der Waals surface area (Å²) in [6.07, 6.45) is 7.83. The second-order valence-corrected chi connectivity index (χ2v) is 6.45. The van der Waals surface area contributed by atoms with Gasteiger partial charge in [-0.2, -0.15) is 0 Å². The van der Waals surface area contributed by atoms with E-state index in [0.29, 0.717) is 0 Å². The second kappa shape index (κ2) is 12.8. The number of allylic oxidation sites excluding steroid dienone is 2. The molecule has 1 N–H and O–H groups in total. The van der Waals surface area contributed by atoms with E-state index in [1.807, 2.05) is 36.4 Å². The van der Waals surface area contributed by atoms with Crippen molar-refractivity contribution in [2.45, 2.75) is 38.8 Å². The predicted octanol–water partition coefficient (Wildman–Crippen LogP) is 5.67. The van der Waals surface area contributed by atoms with Crippen LogP contribution in [0, 0.1) is 0 Å². The summed E-state index contributed by atoms with van der Waals surface area (Å²) >= 11 is 0. The van der Waals surface area contributed by atoms with Gasteiger partial charge in [-0.25, -0.2) is 0 Å². The van der Waals surface area contributed by atoms with Gasteiger partial charge in [0.2, 0.25) is 0 Å². The Bertz CT molecular complexity index is 602. The average Bonchev–Trinajstić information content (AvgIpc) is 2.71. The summed E-state index contributed by atoms with van der Waals surface area (Å²) in [5.41, 5.74) is 2.49. The van der Waals surface area contributed by atoms with Gasteiger partial charge in [0.25, 0.3) is 0 Å². The minimum Gasteiger partial charge on any atom is -0.494 e. The van der Waals surface area contributed by atoms with Crippen LogP contribution in [-0.2, 0) is 13.1 Å². The summed E-state index contributed by atoms with van der Waals surface area (Å²) in [7, 11) is 0. The Hall–Kier alpha value is -2.52. The van der Waals surface area contributed by atoms with Crippen molar-refractivity contribution in [1.29, 1.82) is 0 Å². The fraction of sp³-hybridized carbons (Fsp3) is 0.333. The van der Waals surface area contributed by atoms with Gasteiger partial charge in [-0.05, 0) is 61.1 Å². The Labute approximate surface area is 163 Å². The molecule has 0 fully saturated rings. The Morgan fingerprint density at radius 3 is 1.44 bits per heavy atom. The average molecular weight is 366 g/mol. The molecule has 0 aliphatic rings. The number of unbranched alkanes of at least 4 members (excludes halogenated alkanes) is 2. The van der Waals surface area contributed by atoms with Gasteiger partial charge in [0.15, 0.2) is 0 Å². The normalized spacial score (nSPS) is 10.4. The first-order chi connectivity index (χ1) is 13.3. The van der Waals surface area contributed by atoms with Crippen molar-refractivity contribution in [3.05, 3.63) is 85.0 Å².